The fraction of sp³-hybridized carbons (Fsp3) is 0.450. The molecule has 0 unspecified atom stereocenters. The molecule has 0 saturated heterocycles. The summed E-state index contributed by atoms with van der Waals surface area (Å²) in [6.07, 6.45) is 3.07. The smallest absolute Gasteiger partial charge is 0.275 e. The molecular weight excluding hydrogens is 326 g/mol. The van der Waals surface area contributed by atoms with Gasteiger partial charge in [-0.2, -0.15) is 0 Å². The number of hydrogen-bond acceptors (Lipinski definition) is 5. The quantitative estimate of drug-likeness (QED) is 0.816. The molecule has 0 saturated carbocycles. The van der Waals surface area contributed by atoms with E-state index in [1.807, 2.05) is 39.8 Å². The van der Waals surface area contributed by atoms with Gasteiger partial charge in [0.25, 0.3) is 5.91 Å². The Labute approximate surface area is 156 Å². The molecule has 0 aliphatic heterocycles. The Morgan fingerprint density at radius 3 is 2.31 bits per heavy atom. The molecule has 2 N–H and O–H groups in total. The number of hydrogen-bond donors (Lipinski definition) is 2. The van der Waals surface area contributed by atoms with Crippen LogP contribution in [0.2, 0.25) is 0 Å². The number of nitrogens with one attached hydrogen (secondary N) is 2. The summed E-state index contributed by atoms with van der Waals surface area (Å²) in [5, 5.41) is 6.14. The number of aromatic nitrogens is 2. The number of carbonyl (C=O) groups is 1. The Hall–Kier alpha value is -2.63. The van der Waals surface area contributed by atoms with Crippen LogP contribution in [-0.2, 0) is 0 Å². The molecule has 6 heteroatoms. The maximum absolute atomic E-state index is 12.4. The number of carbonyl (C=O) groups excluding carboxylic acids is 1. The molecule has 0 aliphatic rings. The molecule has 1 heterocycles. The van der Waals surface area contributed by atoms with Gasteiger partial charge in [0.2, 0.25) is 0 Å². The molecule has 0 spiro atoms. The van der Waals surface area contributed by atoms with E-state index in [0.29, 0.717) is 5.82 Å². The van der Waals surface area contributed by atoms with Gasteiger partial charge in [-0.05, 0) is 65.3 Å². The first kappa shape index (κ1) is 19.7. The second kappa shape index (κ2) is 8.17. The zero-order valence-electron chi connectivity index (χ0n) is 16.6. The number of nitrogens with zero attached hydrogens (tertiary/aromatic N) is 3. The summed E-state index contributed by atoms with van der Waals surface area (Å²) in [6.45, 7) is 14.3. The number of anilines is 3. The normalized spacial score (nSPS) is 11.2. The average Bonchev–Trinajstić information content (AvgIpc) is 2.57. The maximum Gasteiger partial charge on any atom is 0.275 e. The molecule has 0 bridgehead atoms. The summed E-state index contributed by atoms with van der Waals surface area (Å²) in [7, 11) is 0. The molecule has 2 aromatic rings. The lowest BCUT2D eigenvalue weighted by Crippen LogP contribution is -2.27. The van der Waals surface area contributed by atoms with Gasteiger partial charge in [-0.15, -0.1) is 0 Å². The first-order chi connectivity index (χ1) is 12.2. The van der Waals surface area contributed by atoms with Crippen LogP contribution in [0.4, 0.5) is 17.2 Å². The average molecular weight is 355 g/mol. The minimum absolute atomic E-state index is 0.109. The summed E-state index contributed by atoms with van der Waals surface area (Å²) in [6, 6.07) is 6.05. The van der Waals surface area contributed by atoms with Crippen LogP contribution >= 0.6 is 0 Å². The SMILES string of the molecule is CCN(CC)c1ccc(NC(=O)c2cnc(NC(C)(C)C)cn2)c(C)c1. The zero-order chi connectivity index (χ0) is 19.3. The minimum Gasteiger partial charge on any atom is -0.372 e. The van der Waals surface area contributed by atoms with Gasteiger partial charge in [0.1, 0.15) is 11.5 Å². The van der Waals surface area contributed by atoms with Crippen molar-refractivity contribution < 1.29 is 4.79 Å². The summed E-state index contributed by atoms with van der Waals surface area (Å²) in [5.74, 6) is 0.382. The van der Waals surface area contributed by atoms with Gasteiger partial charge in [0, 0.05) is 30.0 Å². The lowest BCUT2D eigenvalue weighted by molar-refractivity contribution is 0.102. The van der Waals surface area contributed by atoms with Crippen molar-refractivity contribution in [1.29, 1.82) is 0 Å². The van der Waals surface area contributed by atoms with Crippen molar-refractivity contribution in [2.24, 2.45) is 0 Å². The van der Waals surface area contributed by atoms with Crippen LogP contribution in [0, 0.1) is 6.92 Å². The van der Waals surface area contributed by atoms with Gasteiger partial charge in [0.15, 0.2) is 0 Å². The molecule has 26 heavy (non-hydrogen) atoms. The lowest BCUT2D eigenvalue weighted by atomic mass is 10.1. The van der Waals surface area contributed by atoms with E-state index in [-0.39, 0.29) is 17.1 Å². The van der Waals surface area contributed by atoms with Crippen molar-refractivity contribution in [2.45, 2.75) is 47.1 Å². The number of amides is 1. The van der Waals surface area contributed by atoms with Gasteiger partial charge in [-0.3, -0.25) is 4.79 Å². The Morgan fingerprint density at radius 1 is 1.12 bits per heavy atom. The van der Waals surface area contributed by atoms with Crippen molar-refractivity contribution in [3.63, 3.8) is 0 Å². The third-order valence-electron chi connectivity index (χ3n) is 3.97. The molecule has 0 radical (unpaired) electrons. The van der Waals surface area contributed by atoms with Gasteiger partial charge in [0.05, 0.1) is 12.4 Å². The number of aryl methyl sites for hydroxylation is 1. The summed E-state index contributed by atoms with van der Waals surface area (Å²) >= 11 is 0. The first-order valence-corrected chi connectivity index (χ1v) is 9.00. The van der Waals surface area contributed by atoms with Gasteiger partial charge in [-0.25, -0.2) is 9.97 Å². The van der Waals surface area contributed by atoms with E-state index in [1.54, 1.807) is 6.20 Å². The van der Waals surface area contributed by atoms with E-state index >= 15 is 0 Å². The van der Waals surface area contributed by atoms with Crippen LogP contribution in [0.25, 0.3) is 0 Å². The Bertz CT molecular complexity index is 746. The second-order valence-electron chi connectivity index (χ2n) is 7.29. The van der Waals surface area contributed by atoms with Gasteiger partial charge in [-0.1, -0.05) is 0 Å². The summed E-state index contributed by atoms with van der Waals surface area (Å²) in [5.41, 5.74) is 3.13. The van der Waals surface area contributed by atoms with E-state index in [2.05, 4.69) is 45.4 Å². The van der Waals surface area contributed by atoms with E-state index in [1.165, 1.54) is 6.20 Å². The van der Waals surface area contributed by atoms with E-state index in [9.17, 15) is 4.79 Å². The van der Waals surface area contributed by atoms with Crippen molar-refractivity contribution in [3.05, 3.63) is 41.9 Å². The van der Waals surface area contributed by atoms with Crippen molar-refractivity contribution in [2.75, 3.05) is 28.6 Å². The van der Waals surface area contributed by atoms with E-state index in [4.69, 9.17) is 0 Å². The largest absolute Gasteiger partial charge is 0.372 e. The molecule has 1 amide bonds. The summed E-state index contributed by atoms with van der Waals surface area (Å²) < 4.78 is 0. The van der Waals surface area contributed by atoms with E-state index in [0.717, 1.165) is 30.0 Å². The van der Waals surface area contributed by atoms with Crippen molar-refractivity contribution in [3.8, 4) is 0 Å². The molecule has 1 aromatic heterocycles. The topological polar surface area (TPSA) is 70.2 Å². The molecule has 1 aromatic carbocycles. The highest BCUT2D eigenvalue weighted by molar-refractivity contribution is 6.03. The molecule has 0 fully saturated rings. The first-order valence-electron chi connectivity index (χ1n) is 9.00. The molecular formula is C20H29N5O. The number of benzene rings is 1. The van der Waals surface area contributed by atoms with Gasteiger partial charge < -0.3 is 15.5 Å². The molecule has 6 nitrogen and oxygen atoms in total. The third-order valence-corrected chi connectivity index (χ3v) is 3.97. The minimum atomic E-state index is -0.265. The fourth-order valence-corrected chi connectivity index (χ4v) is 2.65. The molecule has 0 aliphatic carbocycles. The standard InChI is InChI=1S/C20H29N5O/c1-7-25(8-2)15-9-10-16(14(3)11-15)23-19(26)17-12-22-18(13-21-17)24-20(4,5)6/h9-13H,7-8H2,1-6H3,(H,22,24)(H,23,26). The monoisotopic (exact) mass is 355 g/mol. The predicted molar refractivity (Wildman–Crippen MR) is 108 cm³/mol. The Balaban J connectivity index is 2.10. The van der Waals surface area contributed by atoms with E-state index < -0.39 is 0 Å². The number of rotatable bonds is 6. The van der Waals surface area contributed by atoms with Crippen LogP contribution in [0.3, 0.4) is 0 Å². The van der Waals surface area contributed by atoms with Crippen LogP contribution in [-0.4, -0.2) is 34.5 Å². The zero-order valence-corrected chi connectivity index (χ0v) is 16.6. The molecule has 2 rings (SSSR count). The van der Waals surface area contributed by atoms with Crippen LogP contribution in [0.5, 0.6) is 0 Å². The predicted octanol–water partition coefficient (Wildman–Crippen LogP) is 4.09. The lowest BCUT2D eigenvalue weighted by Gasteiger charge is -2.22. The highest BCUT2D eigenvalue weighted by atomic mass is 16.1. The fourth-order valence-electron chi connectivity index (χ4n) is 2.65. The Morgan fingerprint density at radius 2 is 1.81 bits per heavy atom. The van der Waals surface area contributed by atoms with Crippen LogP contribution in [0.1, 0.15) is 50.7 Å². The van der Waals surface area contributed by atoms with Crippen molar-refractivity contribution >= 4 is 23.1 Å². The van der Waals surface area contributed by atoms with Crippen molar-refractivity contribution in [1.82, 2.24) is 9.97 Å². The third kappa shape index (κ3) is 5.18. The highest BCUT2D eigenvalue weighted by Gasteiger charge is 2.13. The maximum atomic E-state index is 12.4. The highest BCUT2D eigenvalue weighted by Crippen LogP contribution is 2.23. The van der Waals surface area contributed by atoms with Gasteiger partial charge >= 0.3 is 0 Å². The molecule has 0 atom stereocenters. The second-order valence-corrected chi connectivity index (χ2v) is 7.29. The van der Waals surface area contributed by atoms with Crippen LogP contribution in [0.15, 0.2) is 30.6 Å². The Kier molecular flexibility index (Phi) is 6.18. The summed E-state index contributed by atoms with van der Waals surface area (Å²) in [4.78, 5) is 23.2. The molecule has 140 valence electrons. The van der Waals surface area contributed by atoms with Crippen LogP contribution < -0.4 is 15.5 Å².